The lowest BCUT2D eigenvalue weighted by Gasteiger charge is -1.98. The molecule has 0 atom stereocenters. The van der Waals surface area contributed by atoms with Gasteiger partial charge in [-0.25, -0.2) is 4.98 Å². The number of fused-ring (bicyclic) bond motifs is 1. The lowest BCUT2D eigenvalue weighted by atomic mass is 10.2. The number of aliphatic hydroxyl groups excluding tert-OH is 1. The number of imidazole rings is 1. The van der Waals surface area contributed by atoms with Gasteiger partial charge in [0.1, 0.15) is 5.82 Å². The van der Waals surface area contributed by atoms with Crippen LogP contribution in [-0.4, -0.2) is 34.6 Å². The summed E-state index contributed by atoms with van der Waals surface area (Å²) in [6, 6.07) is 5.35. The molecule has 0 bridgehead atoms. The number of nitrogens with one attached hydrogen (secondary N) is 2. The van der Waals surface area contributed by atoms with Crippen LogP contribution >= 0.6 is 0 Å². The second-order valence-electron chi connectivity index (χ2n) is 3.82. The van der Waals surface area contributed by atoms with Crippen molar-refractivity contribution in [2.75, 3.05) is 13.7 Å². The Labute approximate surface area is 98.9 Å². The van der Waals surface area contributed by atoms with Gasteiger partial charge in [-0.05, 0) is 24.6 Å². The third kappa shape index (κ3) is 2.45. The summed E-state index contributed by atoms with van der Waals surface area (Å²) in [5.74, 6) is 0.724. The number of aromatic nitrogens is 2. The number of aliphatic hydroxyl groups is 1. The lowest BCUT2D eigenvalue weighted by molar-refractivity contribution is 0.0963. The molecule has 1 heterocycles. The van der Waals surface area contributed by atoms with Crippen molar-refractivity contribution in [3.05, 3.63) is 29.6 Å². The van der Waals surface area contributed by atoms with E-state index in [1.165, 1.54) is 0 Å². The zero-order valence-corrected chi connectivity index (χ0v) is 9.66. The lowest BCUT2D eigenvalue weighted by Crippen LogP contribution is -2.17. The molecule has 0 saturated heterocycles. The third-order valence-corrected chi connectivity index (χ3v) is 2.59. The fourth-order valence-electron chi connectivity index (χ4n) is 1.71. The molecule has 17 heavy (non-hydrogen) atoms. The first kappa shape index (κ1) is 11.6. The quantitative estimate of drug-likeness (QED) is 0.732. The van der Waals surface area contributed by atoms with Crippen LogP contribution in [0.2, 0.25) is 0 Å². The second-order valence-corrected chi connectivity index (χ2v) is 3.82. The van der Waals surface area contributed by atoms with Crippen LogP contribution in [0.4, 0.5) is 0 Å². The van der Waals surface area contributed by atoms with Crippen LogP contribution in [0.5, 0.6) is 0 Å². The first-order chi connectivity index (χ1) is 8.24. The number of amides is 1. The molecule has 1 amide bonds. The molecule has 3 N–H and O–H groups in total. The number of hydrogen-bond donors (Lipinski definition) is 3. The minimum Gasteiger partial charge on any atom is -0.396 e. The van der Waals surface area contributed by atoms with Crippen molar-refractivity contribution in [1.82, 2.24) is 15.3 Å². The highest BCUT2D eigenvalue weighted by Gasteiger charge is 2.07. The van der Waals surface area contributed by atoms with Crippen LogP contribution in [0, 0.1) is 0 Å². The standard InChI is InChI=1S/C12H15N3O2/c1-13-12(17)8-4-5-9-10(7-8)15-11(14-9)3-2-6-16/h4-5,7,16H,2-3,6H2,1H3,(H,13,17)(H,14,15). The van der Waals surface area contributed by atoms with Crippen molar-refractivity contribution in [3.8, 4) is 0 Å². The number of nitrogens with zero attached hydrogens (tertiary/aromatic N) is 1. The van der Waals surface area contributed by atoms with E-state index in [-0.39, 0.29) is 12.5 Å². The Balaban J connectivity index is 2.31. The molecule has 2 aromatic rings. The van der Waals surface area contributed by atoms with Gasteiger partial charge in [0.05, 0.1) is 11.0 Å². The first-order valence-corrected chi connectivity index (χ1v) is 5.56. The summed E-state index contributed by atoms with van der Waals surface area (Å²) < 4.78 is 0. The fraction of sp³-hybridized carbons (Fsp3) is 0.333. The van der Waals surface area contributed by atoms with Crippen LogP contribution < -0.4 is 5.32 Å². The Morgan fingerprint density at radius 1 is 1.53 bits per heavy atom. The van der Waals surface area contributed by atoms with E-state index in [9.17, 15) is 4.79 Å². The van der Waals surface area contributed by atoms with E-state index < -0.39 is 0 Å². The molecule has 0 saturated carbocycles. The molecule has 5 nitrogen and oxygen atoms in total. The second kappa shape index (κ2) is 4.97. The van der Waals surface area contributed by atoms with Gasteiger partial charge in [-0.1, -0.05) is 0 Å². The summed E-state index contributed by atoms with van der Waals surface area (Å²) in [5, 5.41) is 11.3. The van der Waals surface area contributed by atoms with Gasteiger partial charge >= 0.3 is 0 Å². The summed E-state index contributed by atoms with van der Waals surface area (Å²) in [7, 11) is 1.60. The molecule has 1 aromatic carbocycles. The van der Waals surface area contributed by atoms with Crippen LogP contribution in [0.25, 0.3) is 11.0 Å². The number of aryl methyl sites for hydroxylation is 1. The Morgan fingerprint density at radius 3 is 3.06 bits per heavy atom. The molecule has 0 aliphatic heterocycles. The molecule has 0 aliphatic rings. The summed E-state index contributed by atoms with van der Waals surface area (Å²) in [6.45, 7) is 0.153. The predicted molar refractivity (Wildman–Crippen MR) is 64.9 cm³/mol. The number of carbonyl (C=O) groups excluding carboxylic acids is 1. The predicted octanol–water partition coefficient (Wildman–Crippen LogP) is 0.847. The fourth-order valence-corrected chi connectivity index (χ4v) is 1.71. The normalized spacial score (nSPS) is 10.7. The van der Waals surface area contributed by atoms with Crippen molar-refractivity contribution in [2.45, 2.75) is 12.8 Å². The third-order valence-electron chi connectivity index (χ3n) is 2.59. The minimum absolute atomic E-state index is 0.113. The molecule has 2 rings (SSSR count). The Morgan fingerprint density at radius 2 is 2.35 bits per heavy atom. The van der Waals surface area contributed by atoms with Gasteiger partial charge in [0.25, 0.3) is 5.91 Å². The van der Waals surface area contributed by atoms with Gasteiger partial charge in [0.2, 0.25) is 0 Å². The van der Waals surface area contributed by atoms with Crippen LogP contribution in [0.3, 0.4) is 0 Å². The monoisotopic (exact) mass is 233 g/mol. The topological polar surface area (TPSA) is 78.0 Å². The molecular formula is C12H15N3O2. The van der Waals surface area contributed by atoms with E-state index in [2.05, 4.69) is 15.3 Å². The number of benzene rings is 1. The number of carbonyl (C=O) groups is 1. The van der Waals surface area contributed by atoms with Crippen LogP contribution in [-0.2, 0) is 6.42 Å². The Bertz CT molecular complexity index is 534. The van der Waals surface area contributed by atoms with Crippen molar-refractivity contribution < 1.29 is 9.90 Å². The summed E-state index contributed by atoms with van der Waals surface area (Å²) in [5.41, 5.74) is 2.29. The van der Waals surface area contributed by atoms with E-state index in [0.717, 1.165) is 16.9 Å². The van der Waals surface area contributed by atoms with E-state index in [1.54, 1.807) is 19.2 Å². The molecule has 5 heteroatoms. The van der Waals surface area contributed by atoms with Crippen LogP contribution in [0.15, 0.2) is 18.2 Å². The smallest absolute Gasteiger partial charge is 0.251 e. The molecule has 0 radical (unpaired) electrons. The van der Waals surface area contributed by atoms with Crippen molar-refractivity contribution in [3.63, 3.8) is 0 Å². The Kier molecular flexibility index (Phi) is 3.39. The number of aromatic amines is 1. The summed E-state index contributed by atoms with van der Waals surface area (Å²) in [6.07, 6.45) is 1.39. The molecular weight excluding hydrogens is 218 g/mol. The average Bonchev–Trinajstić information content (AvgIpc) is 2.76. The number of H-pyrrole nitrogens is 1. The SMILES string of the molecule is CNC(=O)c1ccc2nc(CCCO)[nH]c2c1. The molecule has 0 aliphatic carbocycles. The van der Waals surface area contributed by atoms with Gasteiger partial charge in [-0.15, -0.1) is 0 Å². The van der Waals surface area contributed by atoms with Crippen molar-refractivity contribution >= 4 is 16.9 Å². The van der Waals surface area contributed by atoms with Crippen LogP contribution in [0.1, 0.15) is 22.6 Å². The van der Waals surface area contributed by atoms with Gasteiger partial charge in [-0.2, -0.15) is 0 Å². The number of rotatable bonds is 4. The summed E-state index contributed by atoms with van der Waals surface area (Å²) >= 11 is 0. The molecule has 0 fully saturated rings. The van der Waals surface area contributed by atoms with Gasteiger partial charge in [0.15, 0.2) is 0 Å². The number of hydrogen-bond acceptors (Lipinski definition) is 3. The van der Waals surface area contributed by atoms with Gasteiger partial charge < -0.3 is 15.4 Å². The highest BCUT2D eigenvalue weighted by atomic mass is 16.2. The van der Waals surface area contributed by atoms with Gasteiger partial charge in [0, 0.05) is 25.6 Å². The van der Waals surface area contributed by atoms with E-state index >= 15 is 0 Å². The van der Waals surface area contributed by atoms with E-state index in [4.69, 9.17) is 5.11 Å². The highest BCUT2D eigenvalue weighted by molar-refractivity contribution is 5.97. The maximum Gasteiger partial charge on any atom is 0.251 e. The first-order valence-electron chi connectivity index (χ1n) is 5.56. The molecule has 0 unspecified atom stereocenters. The van der Waals surface area contributed by atoms with E-state index in [0.29, 0.717) is 18.4 Å². The van der Waals surface area contributed by atoms with Gasteiger partial charge in [-0.3, -0.25) is 4.79 Å². The molecule has 1 aromatic heterocycles. The largest absolute Gasteiger partial charge is 0.396 e. The minimum atomic E-state index is -0.113. The molecule has 0 spiro atoms. The highest BCUT2D eigenvalue weighted by Crippen LogP contribution is 2.14. The zero-order chi connectivity index (χ0) is 12.3. The maximum atomic E-state index is 11.5. The van der Waals surface area contributed by atoms with Crippen molar-refractivity contribution in [2.24, 2.45) is 0 Å². The summed E-state index contributed by atoms with van der Waals surface area (Å²) in [4.78, 5) is 19.0. The maximum absolute atomic E-state index is 11.5. The molecule has 90 valence electrons. The van der Waals surface area contributed by atoms with E-state index in [1.807, 2.05) is 6.07 Å². The Hall–Kier alpha value is -1.88. The average molecular weight is 233 g/mol. The van der Waals surface area contributed by atoms with Crippen molar-refractivity contribution in [1.29, 1.82) is 0 Å². The zero-order valence-electron chi connectivity index (χ0n) is 9.66.